The van der Waals surface area contributed by atoms with E-state index in [0.717, 1.165) is 24.5 Å². The lowest BCUT2D eigenvalue weighted by molar-refractivity contribution is -0.385. The first kappa shape index (κ1) is 12.8. The first-order chi connectivity index (χ1) is 8.97. The fourth-order valence-electron chi connectivity index (χ4n) is 1.41. The molecule has 0 saturated carbocycles. The second-order valence-corrected chi connectivity index (χ2v) is 3.61. The number of rotatable bonds is 3. The molecule has 0 radical (unpaired) electrons. The standard InChI is InChI=1S/C11H7F2N3O3/c1-6-2-9(7(12)3-8(6)16(17)18)19-11-4-10(13)14-5-15-11/h2-5H,1H3. The van der Waals surface area contributed by atoms with Gasteiger partial charge in [-0.3, -0.25) is 10.1 Å². The number of ether oxygens (including phenoxy) is 1. The lowest BCUT2D eigenvalue weighted by atomic mass is 10.2. The van der Waals surface area contributed by atoms with Gasteiger partial charge < -0.3 is 4.74 Å². The minimum Gasteiger partial charge on any atom is -0.436 e. The SMILES string of the molecule is Cc1cc(Oc2cc(F)ncn2)c(F)cc1[N+](=O)[O-]. The van der Waals surface area contributed by atoms with E-state index < -0.39 is 16.7 Å². The molecule has 1 aromatic carbocycles. The zero-order valence-corrected chi connectivity index (χ0v) is 9.63. The number of aromatic nitrogens is 2. The number of nitrogens with zero attached hydrogens (tertiary/aromatic N) is 3. The maximum absolute atomic E-state index is 13.6. The third kappa shape index (κ3) is 2.79. The van der Waals surface area contributed by atoms with E-state index in [1.165, 1.54) is 6.92 Å². The first-order valence-electron chi connectivity index (χ1n) is 5.07. The van der Waals surface area contributed by atoms with Gasteiger partial charge in [-0.2, -0.15) is 4.39 Å². The second-order valence-electron chi connectivity index (χ2n) is 3.61. The molecule has 2 aromatic rings. The van der Waals surface area contributed by atoms with Gasteiger partial charge >= 0.3 is 0 Å². The van der Waals surface area contributed by atoms with Gasteiger partial charge in [0.15, 0.2) is 11.6 Å². The van der Waals surface area contributed by atoms with Crippen LogP contribution in [0, 0.1) is 28.8 Å². The van der Waals surface area contributed by atoms with E-state index in [2.05, 4.69) is 9.97 Å². The summed E-state index contributed by atoms with van der Waals surface area (Å²) in [5.41, 5.74) is -0.144. The molecule has 0 bridgehead atoms. The highest BCUT2D eigenvalue weighted by atomic mass is 19.1. The molecule has 0 aliphatic carbocycles. The van der Waals surface area contributed by atoms with Crippen LogP contribution in [0.2, 0.25) is 0 Å². The molecule has 8 heteroatoms. The van der Waals surface area contributed by atoms with Crippen LogP contribution in [0.3, 0.4) is 0 Å². The Morgan fingerprint density at radius 3 is 2.63 bits per heavy atom. The number of aryl methyl sites for hydroxylation is 1. The molecule has 19 heavy (non-hydrogen) atoms. The zero-order valence-electron chi connectivity index (χ0n) is 9.63. The molecule has 2 rings (SSSR count). The van der Waals surface area contributed by atoms with Crippen LogP contribution in [0.4, 0.5) is 14.5 Å². The predicted octanol–water partition coefficient (Wildman–Crippen LogP) is 2.76. The molecule has 0 fully saturated rings. The maximum Gasteiger partial charge on any atom is 0.275 e. The van der Waals surface area contributed by atoms with Crippen molar-refractivity contribution in [2.24, 2.45) is 0 Å². The average Bonchev–Trinajstić information content (AvgIpc) is 2.33. The molecule has 0 amide bonds. The third-order valence-corrected chi connectivity index (χ3v) is 2.27. The Morgan fingerprint density at radius 2 is 2.00 bits per heavy atom. The van der Waals surface area contributed by atoms with E-state index in [-0.39, 0.29) is 22.9 Å². The van der Waals surface area contributed by atoms with Crippen LogP contribution in [0.1, 0.15) is 5.56 Å². The van der Waals surface area contributed by atoms with Crippen molar-refractivity contribution >= 4 is 5.69 Å². The highest BCUT2D eigenvalue weighted by Gasteiger charge is 2.17. The van der Waals surface area contributed by atoms with Crippen molar-refractivity contribution in [2.75, 3.05) is 0 Å². The summed E-state index contributed by atoms with van der Waals surface area (Å²) in [6.07, 6.45) is 0.917. The van der Waals surface area contributed by atoms with Crippen molar-refractivity contribution in [1.82, 2.24) is 9.97 Å². The highest BCUT2D eigenvalue weighted by Crippen LogP contribution is 2.29. The smallest absolute Gasteiger partial charge is 0.275 e. The number of halogens is 2. The molecule has 6 nitrogen and oxygen atoms in total. The molecule has 0 spiro atoms. The van der Waals surface area contributed by atoms with Crippen molar-refractivity contribution in [3.05, 3.63) is 52.0 Å². The van der Waals surface area contributed by atoms with Crippen LogP contribution in [0.25, 0.3) is 0 Å². The lowest BCUT2D eigenvalue weighted by Gasteiger charge is -2.06. The van der Waals surface area contributed by atoms with Crippen molar-refractivity contribution in [1.29, 1.82) is 0 Å². The molecular formula is C11H7F2N3O3. The zero-order chi connectivity index (χ0) is 14.0. The van der Waals surface area contributed by atoms with Crippen molar-refractivity contribution in [3.8, 4) is 11.6 Å². The van der Waals surface area contributed by atoms with Crippen LogP contribution in [-0.4, -0.2) is 14.9 Å². The summed E-state index contributed by atoms with van der Waals surface area (Å²) in [4.78, 5) is 16.7. The third-order valence-electron chi connectivity index (χ3n) is 2.27. The molecule has 0 N–H and O–H groups in total. The predicted molar refractivity (Wildman–Crippen MR) is 59.9 cm³/mol. The van der Waals surface area contributed by atoms with Crippen molar-refractivity contribution in [3.63, 3.8) is 0 Å². The van der Waals surface area contributed by atoms with E-state index in [1.54, 1.807) is 0 Å². The van der Waals surface area contributed by atoms with Crippen molar-refractivity contribution < 1.29 is 18.4 Å². The minimum absolute atomic E-state index is 0.195. The molecule has 98 valence electrons. The molecule has 0 aliphatic heterocycles. The summed E-state index contributed by atoms with van der Waals surface area (Å²) < 4.78 is 31.4. The van der Waals surface area contributed by atoms with Crippen LogP contribution >= 0.6 is 0 Å². The Bertz CT molecular complexity index is 649. The van der Waals surface area contributed by atoms with Gasteiger partial charge in [-0.25, -0.2) is 14.4 Å². The van der Waals surface area contributed by atoms with Crippen LogP contribution < -0.4 is 4.74 Å². The Kier molecular flexibility index (Phi) is 3.32. The highest BCUT2D eigenvalue weighted by molar-refractivity contribution is 5.46. The van der Waals surface area contributed by atoms with E-state index >= 15 is 0 Å². The monoisotopic (exact) mass is 267 g/mol. The normalized spacial score (nSPS) is 10.3. The van der Waals surface area contributed by atoms with Crippen LogP contribution in [0.5, 0.6) is 11.6 Å². The van der Waals surface area contributed by atoms with E-state index in [4.69, 9.17) is 4.74 Å². The molecule has 0 aliphatic rings. The van der Waals surface area contributed by atoms with Gasteiger partial charge in [0, 0.05) is 5.56 Å². The summed E-state index contributed by atoms with van der Waals surface area (Å²) >= 11 is 0. The van der Waals surface area contributed by atoms with Gasteiger partial charge in [-0.15, -0.1) is 0 Å². The molecule has 0 unspecified atom stereocenters. The largest absolute Gasteiger partial charge is 0.436 e. The quantitative estimate of drug-likeness (QED) is 0.485. The van der Waals surface area contributed by atoms with Gasteiger partial charge in [0.1, 0.15) is 6.33 Å². The van der Waals surface area contributed by atoms with E-state index in [1.807, 2.05) is 0 Å². The first-order valence-corrected chi connectivity index (χ1v) is 5.07. The van der Waals surface area contributed by atoms with Gasteiger partial charge in [0.25, 0.3) is 5.69 Å². The van der Waals surface area contributed by atoms with Crippen molar-refractivity contribution in [2.45, 2.75) is 6.92 Å². The molecule has 0 saturated heterocycles. The van der Waals surface area contributed by atoms with Gasteiger partial charge in [-0.1, -0.05) is 0 Å². The molecule has 1 aromatic heterocycles. The Morgan fingerprint density at radius 1 is 1.26 bits per heavy atom. The molecule has 1 heterocycles. The summed E-state index contributed by atoms with van der Waals surface area (Å²) in [5.74, 6) is -2.23. The molecular weight excluding hydrogens is 260 g/mol. The fourth-order valence-corrected chi connectivity index (χ4v) is 1.41. The lowest BCUT2D eigenvalue weighted by Crippen LogP contribution is -1.97. The summed E-state index contributed by atoms with van der Waals surface area (Å²) in [6, 6.07) is 2.76. The Balaban J connectivity index is 2.36. The van der Waals surface area contributed by atoms with E-state index in [9.17, 15) is 18.9 Å². The van der Waals surface area contributed by atoms with Gasteiger partial charge in [0.05, 0.1) is 17.1 Å². The fraction of sp³-hybridized carbons (Fsp3) is 0.0909. The second kappa shape index (κ2) is 4.92. The topological polar surface area (TPSA) is 78.2 Å². The minimum atomic E-state index is -0.934. The van der Waals surface area contributed by atoms with Crippen LogP contribution in [-0.2, 0) is 0 Å². The maximum atomic E-state index is 13.6. The summed E-state index contributed by atoms with van der Waals surface area (Å²) in [5, 5.41) is 10.6. The number of nitro benzene ring substituents is 1. The number of benzene rings is 1. The molecule has 0 atom stereocenters. The van der Waals surface area contributed by atoms with Crippen LogP contribution in [0.15, 0.2) is 24.5 Å². The Labute approximate surface area is 105 Å². The van der Waals surface area contributed by atoms with Gasteiger partial charge in [0.2, 0.25) is 11.8 Å². The average molecular weight is 267 g/mol. The number of hydrogen-bond donors (Lipinski definition) is 0. The Hall–Kier alpha value is -2.64. The number of nitro groups is 1. The van der Waals surface area contributed by atoms with E-state index in [0.29, 0.717) is 0 Å². The summed E-state index contributed by atoms with van der Waals surface area (Å²) in [7, 11) is 0. The van der Waals surface area contributed by atoms with Gasteiger partial charge in [-0.05, 0) is 13.0 Å². The number of hydrogen-bond acceptors (Lipinski definition) is 5. The summed E-state index contributed by atoms with van der Waals surface area (Å²) in [6.45, 7) is 1.44.